The molecule has 0 unspecified atom stereocenters. The number of ether oxygens (including phenoxy) is 1. The molecule has 0 atom stereocenters. The standard InChI is InChI=1S/C9H9NO4/c1-14-9-3-2-7(6-8(9)11)4-5-10(12)13/h2-6,11H,1H3/b5-4+. The fourth-order valence-electron chi connectivity index (χ4n) is 0.958. The number of aromatic hydroxyl groups is 1. The van der Waals surface area contributed by atoms with Crippen LogP contribution in [0.5, 0.6) is 11.5 Å². The molecule has 0 aliphatic heterocycles. The predicted octanol–water partition coefficient (Wildman–Crippen LogP) is 1.65. The van der Waals surface area contributed by atoms with Gasteiger partial charge in [0.25, 0.3) is 0 Å². The lowest BCUT2D eigenvalue weighted by Crippen LogP contribution is -1.85. The van der Waals surface area contributed by atoms with Gasteiger partial charge in [-0.3, -0.25) is 10.1 Å². The normalized spacial score (nSPS) is 10.4. The van der Waals surface area contributed by atoms with Gasteiger partial charge in [0.15, 0.2) is 11.5 Å². The van der Waals surface area contributed by atoms with Crippen LogP contribution in [0.2, 0.25) is 0 Å². The maximum absolute atomic E-state index is 10.0. The van der Waals surface area contributed by atoms with Gasteiger partial charge in [-0.05, 0) is 17.7 Å². The van der Waals surface area contributed by atoms with Crippen molar-refractivity contribution in [2.45, 2.75) is 0 Å². The Morgan fingerprint density at radius 2 is 2.29 bits per heavy atom. The number of phenolic OH excluding ortho intramolecular Hbond substituents is 1. The maximum Gasteiger partial charge on any atom is 0.235 e. The molecular weight excluding hydrogens is 186 g/mol. The molecule has 0 aliphatic carbocycles. The van der Waals surface area contributed by atoms with Crippen molar-refractivity contribution in [1.29, 1.82) is 0 Å². The van der Waals surface area contributed by atoms with Gasteiger partial charge in [-0.1, -0.05) is 6.07 Å². The fourth-order valence-corrected chi connectivity index (χ4v) is 0.958. The van der Waals surface area contributed by atoms with Gasteiger partial charge in [0.2, 0.25) is 6.20 Å². The summed E-state index contributed by atoms with van der Waals surface area (Å²) in [5, 5.41) is 19.3. The van der Waals surface area contributed by atoms with Crippen LogP contribution in [0.25, 0.3) is 6.08 Å². The van der Waals surface area contributed by atoms with Crippen molar-refractivity contribution >= 4 is 6.08 Å². The number of nitro groups is 1. The number of hydrogen-bond donors (Lipinski definition) is 1. The topological polar surface area (TPSA) is 72.6 Å². The molecule has 1 aromatic rings. The van der Waals surface area contributed by atoms with Gasteiger partial charge in [-0.15, -0.1) is 0 Å². The summed E-state index contributed by atoms with van der Waals surface area (Å²) < 4.78 is 4.82. The lowest BCUT2D eigenvalue weighted by Gasteiger charge is -2.02. The minimum Gasteiger partial charge on any atom is -0.504 e. The second kappa shape index (κ2) is 4.27. The predicted molar refractivity (Wildman–Crippen MR) is 50.7 cm³/mol. The number of phenols is 1. The molecule has 5 heteroatoms. The first-order valence-electron chi connectivity index (χ1n) is 3.82. The molecule has 0 amide bonds. The van der Waals surface area contributed by atoms with Crippen LogP contribution in [0, 0.1) is 10.1 Å². The summed E-state index contributed by atoms with van der Waals surface area (Å²) in [4.78, 5) is 9.44. The van der Waals surface area contributed by atoms with E-state index in [2.05, 4.69) is 0 Å². The average molecular weight is 195 g/mol. The molecule has 0 bridgehead atoms. The Balaban J connectivity index is 2.91. The Bertz CT molecular complexity index is 373. The van der Waals surface area contributed by atoms with Crippen LogP contribution in [-0.4, -0.2) is 17.1 Å². The smallest absolute Gasteiger partial charge is 0.235 e. The van der Waals surface area contributed by atoms with Gasteiger partial charge in [0.1, 0.15) is 0 Å². The monoisotopic (exact) mass is 195 g/mol. The van der Waals surface area contributed by atoms with E-state index < -0.39 is 4.92 Å². The van der Waals surface area contributed by atoms with Crippen LogP contribution in [0.15, 0.2) is 24.4 Å². The molecule has 5 nitrogen and oxygen atoms in total. The molecule has 0 saturated carbocycles. The van der Waals surface area contributed by atoms with Gasteiger partial charge in [0, 0.05) is 6.08 Å². The molecule has 0 aliphatic rings. The van der Waals surface area contributed by atoms with E-state index in [0.29, 0.717) is 11.3 Å². The van der Waals surface area contributed by atoms with Crippen LogP contribution in [0.3, 0.4) is 0 Å². The van der Waals surface area contributed by atoms with E-state index in [1.54, 1.807) is 6.07 Å². The van der Waals surface area contributed by atoms with E-state index in [9.17, 15) is 15.2 Å². The second-order valence-corrected chi connectivity index (χ2v) is 2.53. The van der Waals surface area contributed by atoms with Crippen LogP contribution in [0.1, 0.15) is 5.56 Å². The Kier molecular flexibility index (Phi) is 3.06. The van der Waals surface area contributed by atoms with E-state index >= 15 is 0 Å². The Hall–Kier alpha value is -2.04. The van der Waals surface area contributed by atoms with Gasteiger partial charge in [-0.2, -0.15) is 0 Å². The first-order chi connectivity index (χ1) is 6.63. The average Bonchev–Trinajstić information content (AvgIpc) is 2.15. The lowest BCUT2D eigenvalue weighted by molar-refractivity contribution is -0.400. The molecule has 0 aromatic heterocycles. The molecule has 1 N–H and O–H groups in total. The Morgan fingerprint density at radius 3 is 2.79 bits per heavy atom. The number of methoxy groups -OCH3 is 1. The highest BCUT2D eigenvalue weighted by molar-refractivity contribution is 5.54. The van der Waals surface area contributed by atoms with Crippen LogP contribution in [-0.2, 0) is 0 Å². The highest BCUT2D eigenvalue weighted by Gasteiger charge is 2.00. The van der Waals surface area contributed by atoms with E-state index in [4.69, 9.17) is 4.74 Å². The molecule has 0 heterocycles. The third kappa shape index (κ3) is 2.48. The number of rotatable bonds is 3. The highest BCUT2D eigenvalue weighted by Crippen LogP contribution is 2.26. The summed E-state index contributed by atoms with van der Waals surface area (Å²) in [5.74, 6) is 0.293. The van der Waals surface area contributed by atoms with Crippen molar-refractivity contribution in [3.05, 3.63) is 40.1 Å². The van der Waals surface area contributed by atoms with E-state index in [1.807, 2.05) is 0 Å². The van der Waals surface area contributed by atoms with Gasteiger partial charge in [-0.25, -0.2) is 0 Å². The summed E-state index contributed by atoms with van der Waals surface area (Å²) in [7, 11) is 1.43. The molecule has 0 spiro atoms. The van der Waals surface area contributed by atoms with E-state index in [0.717, 1.165) is 6.20 Å². The van der Waals surface area contributed by atoms with Gasteiger partial charge in [0.05, 0.1) is 12.0 Å². The van der Waals surface area contributed by atoms with Gasteiger partial charge >= 0.3 is 0 Å². The molecule has 0 radical (unpaired) electrons. The molecule has 14 heavy (non-hydrogen) atoms. The van der Waals surface area contributed by atoms with Crippen molar-refractivity contribution in [3.8, 4) is 11.5 Å². The van der Waals surface area contributed by atoms with Crippen molar-refractivity contribution in [3.63, 3.8) is 0 Å². The number of benzene rings is 1. The van der Waals surface area contributed by atoms with Crippen molar-refractivity contribution in [2.24, 2.45) is 0 Å². The minimum absolute atomic E-state index is 0.0435. The van der Waals surface area contributed by atoms with Crippen LogP contribution >= 0.6 is 0 Å². The van der Waals surface area contributed by atoms with E-state index in [1.165, 1.54) is 25.3 Å². The Morgan fingerprint density at radius 1 is 1.57 bits per heavy atom. The molecule has 0 saturated heterocycles. The molecule has 1 aromatic carbocycles. The summed E-state index contributed by atoms with van der Waals surface area (Å²) in [6.45, 7) is 0. The SMILES string of the molecule is COc1ccc(/C=C/[N+](=O)[O-])cc1O. The maximum atomic E-state index is 10.0. The summed E-state index contributed by atoms with van der Waals surface area (Å²) >= 11 is 0. The zero-order valence-electron chi connectivity index (χ0n) is 7.51. The molecule has 74 valence electrons. The zero-order valence-corrected chi connectivity index (χ0v) is 7.51. The first-order valence-corrected chi connectivity index (χ1v) is 3.82. The summed E-state index contributed by atoms with van der Waals surface area (Å²) in [6.07, 6.45) is 2.10. The lowest BCUT2D eigenvalue weighted by atomic mass is 10.2. The van der Waals surface area contributed by atoms with Crippen molar-refractivity contribution in [2.75, 3.05) is 7.11 Å². The third-order valence-electron chi connectivity index (χ3n) is 1.59. The summed E-state index contributed by atoms with van der Waals surface area (Å²) in [5.41, 5.74) is 0.542. The van der Waals surface area contributed by atoms with Crippen molar-refractivity contribution < 1.29 is 14.8 Å². The largest absolute Gasteiger partial charge is 0.504 e. The molecule has 1 rings (SSSR count). The third-order valence-corrected chi connectivity index (χ3v) is 1.59. The van der Waals surface area contributed by atoms with Crippen molar-refractivity contribution in [1.82, 2.24) is 0 Å². The molecule has 0 fully saturated rings. The zero-order chi connectivity index (χ0) is 10.6. The minimum atomic E-state index is -0.568. The van der Waals surface area contributed by atoms with Crippen LogP contribution < -0.4 is 4.74 Å². The van der Waals surface area contributed by atoms with Crippen LogP contribution in [0.4, 0.5) is 0 Å². The van der Waals surface area contributed by atoms with E-state index in [-0.39, 0.29) is 5.75 Å². The first kappa shape index (κ1) is 10.0. The fraction of sp³-hybridized carbons (Fsp3) is 0.111. The van der Waals surface area contributed by atoms with Gasteiger partial charge < -0.3 is 9.84 Å². The number of hydrogen-bond acceptors (Lipinski definition) is 4. The quantitative estimate of drug-likeness (QED) is 0.587. The Labute approximate surface area is 80.4 Å². The highest BCUT2D eigenvalue weighted by atomic mass is 16.6. The number of nitrogens with zero attached hydrogens (tertiary/aromatic N) is 1. The second-order valence-electron chi connectivity index (χ2n) is 2.53. The summed E-state index contributed by atoms with van der Waals surface area (Å²) in [6, 6.07) is 4.53. The molecular formula is C9H9NO4.